The average Bonchev–Trinajstić information content (AvgIpc) is 3.60. The molecule has 1 unspecified atom stereocenters. The van der Waals surface area contributed by atoms with Crippen molar-refractivity contribution in [1.82, 2.24) is 19.6 Å². The molecule has 0 bridgehead atoms. The summed E-state index contributed by atoms with van der Waals surface area (Å²) >= 11 is 1.27. The van der Waals surface area contributed by atoms with Gasteiger partial charge in [0.15, 0.2) is 5.17 Å². The highest BCUT2D eigenvalue weighted by Crippen LogP contribution is 2.38. The predicted molar refractivity (Wildman–Crippen MR) is 148 cm³/mol. The summed E-state index contributed by atoms with van der Waals surface area (Å²) in [5.41, 5.74) is -1.91. The molecular weight excluding hydrogens is 584 g/mol. The molecule has 2 aromatic carbocycles. The van der Waals surface area contributed by atoms with Gasteiger partial charge in [0, 0.05) is 38.2 Å². The molecule has 2 aliphatic heterocycles. The van der Waals surface area contributed by atoms with Crippen LogP contribution in [-0.4, -0.2) is 77.1 Å². The summed E-state index contributed by atoms with van der Waals surface area (Å²) in [4.78, 5) is 21.6. The first-order valence-corrected chi connectivity index (χ1v) is 13.7. The van der Waals surface area contributed by atoms with Crippen LogP contribution in [0.1, 0.15) is 28.7 Å². The Morgan fingerprint density at radius 3 is 2.57 bits per heavy atom. The molecule has 3 heterocycles. The van der Waals surface area contributed by atoms with E-state index in [-0.39, 0.29) is 36.2 Å². The van der Waals surface area contributed by atoms with Gasteiger partial charge < -0.3 is 9.64 Å². The molecule has 224 valence electrons. The zero-order valence-corrected chi connectivity index (χ0v) is 23.6. The smallest absolute Gasteiger partial charge is 0.383 e. The van der Waals surface area contributed by atoms with Crippen molar-refractivity contribution in [2.75, 3.05) is 34.4 Å². The van der Waals surface area contributed by atoms with Crippen LogP contribution in [0.4, 0.5) is 26.3 Å². The van der Waals surface area contributed by atoms with Crippen LogP contribution in [0.25, 0.3) is 17.0 Å². The number of aliphatic imine (C=N–C) groups is 1. The molecule has 0 saturated carbocycles. The predicted octanol–water partition coefficient (Wildman–Crippen LogP) is 5.74. The summed E-state index contributed by atoms with van der Waals surface area (Å²) in [6.07, 6.45) is -5.84. The fraction of sp³-hybridized carbons (Fsp3) is 0.393. The number of likely N-dealkylation sites (tertiary alicyclic amines) is 1. The van der Waals surface area contributed by atoms with Crippen LogP contribution in [0.3, 0.4) is 0 Å². The summed E-state index contributed by atoms with van der Waals surface area (Å²) in [7, 11) is 5.62. The molecule has 2 atom stereocenters. The van der Waals surface area contributed by atoms with Crippen LogP contribution in [0.5, 0.6) is 0 Å². The first-order chi connectivity index (χ1) is 19.7. The first kappa shape index (κ1) is 30.1. The fourth-order valence-electron chi connectivity index (χ4n) is 5.21. The van der Waals surface area contributed by atoms with Gasteiger partial charge in [-0.25, -0.2) is 0 Å². The number of halogens is 6. The molecule has 3 aromatic rings. The van der Waals surface area contributed by atoms with Crippen LogP contribution >= 0.6 is 11.8 Å². The number of hydrogen-bond acceptors (Lipinski definition) is 6. The van der Waals surface area contributed by atoms with Gasteiger partial charge in [-0.3, -0.25) is 14.4 Å². The summed E-state index contributed by atoms with van der Waals surface area (Å²) in [6, 6.07) is 7.13. The lowest BCUT2D eigenvalue weighted by Crippen LogP contribution is -2.36. The molecule has 5 rings (SSSR count). The van der Waals surface area contributed by atoms with Crippen LogP contribution < -0.4 is 0 Å². The number of rotatable bonds is 6. The average molecular weight is 612 g/mol. The number of methoxy groups -OCH3 is 1. The molecule has 1 fully saturated rings. The summed E-state index contributed by atoms with van der Waals surface area (Å²) in [5.74, 6) is -0.362. The van der Waals surface area contributed by atoms with E-state index in [9.17, 15) is 31.1 Å². The van der Waals surface area contributed by atoms with Gasteiger partial charge in [-0.1, -0.05) is 12.1 Å². The van der Waals surface area contributed by atoms with Gasteiger partial charge in [0.05, 0.1) is 40.9 Å². The van der Waals surface area contributed by atoms with Crippen molar-refractivity contribution < 1.29 is 35.9 Å². The molecule has 0 N–H and O–H groups in total. The van der Waals surface area contributed by atoms with E-state index in [2.05, 4.69) is 15.0 Å². The zero-order chi connectivity index (χ0) is 30.4. The number of carbonyl (C=O) groups is 1. The van der Waals surface area contributed by atoms with Gasteiger partial charge in [-0.2, -0.15) is 36.4 Å². The molecule has 0 aliphatic carbocycles. The quantitative estimate of drug-likeness (QED) is 0.262. The Morgan fingerprint density at radius 1 is 1.12 bits per heavy atom. The lowest BCUT2D eigenvalue weighted by atomic mass is 10.0. The van der Waals surface area contributed by atoms with Crippen molar-refractivity contribution in [3.63, 3.8) is 0 Å². The number of fused-ring (bicyclic) bond motifs is 1. The third-order valence-electron chi connectivity index (χ3n) is 7.51. The third kappa shape index (κ3) is 6.20. The van der Waals surface area contributed by atoms with E-state index in [4.69, 9.17) is 4.74 Å². The largest absolute Gasteiger partial charge is 0.416 e. The van der Waals surface area contributed by atoms with Crippen LogP contribution in [0.2, 0.25) is 0 Å². The van der Waals surface area contributed by atoms with E-state index in [1.54, 1.807) is 31.4 Å². The maximum Gasteiger partial charge on any atom is 0.416 e. The van der Waals surface area contributed by atoms with Crippen molar-refractivity contribution in [2.24, 2.45) is 4.99 Å². The molecule has 42 heavy (non-hydrogen) atoms. The first-order valence-electron chi connectivity index (χ1n) is 12.9. The number of thioether (sulfide) groups is 1. The van der Waals surface area contributed by atoms with E-state index < -0.39 is 23.5 Å². The Balaban J connectivity index is 1.33. The summed E-state index contributed by atoms with van der Waals surface area (Å²) < 4.78 is 86.6. The Bertz CT molecular complexity index is 1560. The maximum absolute atomic E-state index is 13.6. The number of likely N-dealkylation sites (N-methyl/N-ethyl adjacent to an activating group) is 2. The van der Waals surface area contributed by atoms with E-state index in [0.29, 0.717) is 39.2 Å². The second kappa shape index (κ2) is 11.4. The SMILES string of the molecule is COC[C@@H]1CC(N(C)C2=NC(=O)/C(=C/c3ccc4c(cnn4Cc4ccc(C(F)(F)F)cc4C(F)(F)F)c3)S2)CN1C. The standard InChI is InChI=1S/C28H27F6N5O2S/c1-37-14-20(11-21(37)15-41-3)38(2)26-36-25(40)24(42-26)9-16-4-7-23-18(8-16)12-35-39(23)13-17-5-6-19(27(29,30)31)10-22(17)28(32,33)34/h4-10,12,20-21H,11,13-15H2,1-3H3/b24-9-/t20?,21-/m0/s1. The van der Waals surface area contributed by atoms with Crippen molar-refractivity contribution in [3.05, 3.63) is 69.8 Å². The number of nitrogens with zero attached hydrogens (tertiary/aromatic N) is 5. The Hall–Kier alpha value is -3.36. The minimum Gasteiger partial charge on any atom is -0.383 e. The second-order valence-electron chi connectivity index (χ2n) is 10.3. The normalized spacial score (nSPS) is 21.1. The van der Waals surface area contributed by atoms with Crippen LogP contribution in [0, 0.1) is 0 Å². The fourth-order valence-corrected chi connectivity index (χ4v) is 6.16. The number of carbonyl (C=O) groups excluding carboxylic acids is 1. The minimum atomic E-state index is -4.97. The minimum absolute atomic E-state index is 0.123. The van der Waals surface area contributed by atoms with Gasteiger partial charge in [0.25, 0.3) is 5.91 Å². The second-order valence-corrected chi connectivity index (χ2v) is 11.4. The Kier molecular flexibility index (Phi) is 8.16. The van der Waals surface area contributed by atoms with E-state index in [0.717, 1.165) is 19.0 Å². The van der Waals surface area contributed by atoms with E-state index in [1.165, 1.54) is 22.6 Å². The zero-order valence-electron chi connectivity index (χ0n) is 22.8. The molecule has 14 heteroatoms. The van der Waals surface area contributed by atoms with Crippen LogP contribution in [0.15, 0.2) is 52.5 Å². The number of alkyl halides is 6. The topological polar surface area (TPSA) is 63.0 Å². The highest BCUT2D eigenvalue weighted by Gasteiger charge is 2.38. The van der Waals surface area contributed by atoms with Crippen molar-refractivity contribution in [3.8, 4) is 0 Å². The number of amidine groups is 1. The lowest BCUT2D eigenvalue weighted by molar-refractivity contribution is -0.143. The molecular formula is C28H27F6N5O2S. The van der Waals surface area contributed by atoms with E-state index in [1.807, 2.05) is 19.0 Å². The summed E-state index contributed by atoms with van der Waals surface area (Å²) in [6.45, 7) is 1.06. The number of ether oxygens (including phenoxy) is 1. The molecule has 0 radical (unpaired) electrons. The molecule has 7 nitrogen and oxygen atoms in total. The maximum atomic E-state index is 13.6. The highest BCUT2D eigenvalue weighted by atomic mass is 32.2. The van der Waals surface area contributed by atoms with Gasteiger partial charge in [0.1, 0.15) is 0 Å². The van der Waals surface area contributed by atoms with Gasteiger partial charge in [-0.05, 0) is 66.7 Å². The third-order valence-corrected chi connectivity index (χ3v) is 8.58. The van der Waals surface area contributed by atoms with Gasteiger partial charge in [-0.15, -0.1) is 0 Å². The molecule has 0 spiro atoms. The van der Waals surface area contributed by atoms with Gasteiger partial charge >= 0.3 is 12.4 Å². The lowest BCUT2D eigenvalue weighted by Gasteiger charge is -2.25. The number of hydrogen-bond donors (Lipinski definition) is 0. The number of amides is 1. The Morgan fingerprint density at radius 2 is 1.88 bits per heavy atom. The molecule has 1 aromatic heterocycles. The van der Waals surface area contributed by atoms with E-state index >= 15 is 0 Å². The Labute approximate surface area is 241 Å². The number of benzene rings is 2. The molecule has 2 aliphatic rings. The molecule has 1 saturated heterocycles. The van der Waals surface area contributed by atoms with Crippen molar-refractivity contribution in [2.45, 2.75) is 37.4 Å². The van der Waals surface area contributed by atoms with Crippen molar-refractivity contribution >= 4 is 39.8 Å². The number of aromatic nitrogens is 2. The van der Waals surface area contributed by atoms with Gasteiger partial charge in [0.2, 0.25) is 0 Å². The molecule has 1 amide bonds. The van der Waals surface area contributed by atoms with Crippen LogP contribution in [-0.2, 0) is 28.4 Å². The highest BCUT2D eigenvalue weighted by molar-refractivity contribution is 8.18. The summed E-state index contributed by atoms with van der Waals surface area (Å²) in [5, 5.41) is 5.37. The van der Waals surface area contributed by atoms with Crippen molar-refractivity contribution in [1.29, 1.82) is 0 Å². The monoisotopic (exact) mass is 611 g/mol.